The van der Waals surface area contributed by atoms with E-state index >= 15 is 0 Å². The Hall–Kier alpha value is -1.91. The summed E-state index contributed by atoms with van der Waals surface area (Å²) in [6.45, 7) is 0.717. The second kappa shape index (κ2) is 8.19. The van der Waals surface area contributed by atoms with Crippen LogP contribution in [0, 0.1) is 0 Å². The van der Waals surface area contributed by atoms with Gasteiger partial charge >= 0.3 is 0 Å². The van der Waals surface area contributed by atoms with Crippen LogP contribution in [0.25, 0.3) is 0 Å². The maximum atomic E-state index is 13.0. The molecule has 0 spiro atoms. The number of rotatable bonds is 5. The zero-order valence-corrected chi connectivity index (χ0v) is 16.3. The smallest absolute Gasteiger partial charge is 0.227 e. The van der Waals surface area contributed by atoms with Crippen LogP contribution in [-0.2, 0) is 11.2 Å². The van der Waals surface area contributed by atoms with E-state index in [1.165, 1.54) is 0 Å². The van der Waals surface area contributed by atoms with Crippen LogP contribution in [-0.4, -0.2) is 31.6 Å². The zero-order valence-electron chi connectivity index (χ0n) is 14.8. The van der Waals surface area contributed by atoms with Gasteiger partial charge in [0.1, 0.15) is 11.5 Å². The fourth-order valence-electron chi connectivity index (χ4n) is 3.42. The first-order valence-electron chi connectivity index (χ1n) is 8.48. The number of benzene rings is 2. The van der Waals surface area contributed by atoms with E-state index in [2.05, 4.69) is 0 Å². The van der Waals surface area contributed by atoms with E-state index in [1.54, 1.807) is 32.4 Å². The predicted octanol–water partition coefficient (Wildman–Crippen LogP) is 4.92. The van der Waals surface area contributed by atoms with Gasteiger partial charge in [-0.3, -0.25) is 4.79 Å². The third-order valence-corrected chi connectivity index (χ3v) is 5.31. The standard InChI is InChI=1S/C20H21Cl2NO3/c1-25-15-7-8-19(26-2)16(12-15)18-4-3-9-23(18)20(24)10-13-5-6-14(21)11-17(13)22/h5-8,11-12,18H,3-4,9-10H2,1-2H3. The largest absolute Gasteiger partial charge is 0.497 e. The number of ether oxygens (including phenoxy) is 2. The van der Waals surface area contributed by atoms with Crippen molar-refractivity contribution in [1.29, 1.82) is 0 Å². The molecule has 1 unspecified atom stereocenters. The van der Waals surface area contributed by atoms with Crippen molar-refractivity contribution in [1.82, 2.24) is 4.90 Å². The third-order valence-electron chi connectivity index (χ3n) is 4.73. The lowest BCUT2D eigenvalue weighted by molar-refractivity contribution is -0.131. The Morgan fingerprint density at radius 3 is 2.65 bits per heavy atom. The highest BCUT2D eigenvalue weighted by Gasteiger charge is 2.32. The summed E-state index contributed by atoms with van der Waals surface area (Å²) in [5.41, 5.74) is 1.75. The summed E-state index contributed by atoms with van der Waals surface area (Å²) >= 11 is 12.2. The van der Waals surface area contributed by atoms with E-state index in [4.69, 9.17) is 32.7 Å². The Kier molecular flexibility index (Phi) is 5.94. The molecule has 0 saturated carbocycles. The SMILES string of the molecule is COc1ccc(OC)c(C2CCCN2C(=O)Cc2ccc(Cl)cc2Cl)c1. The maximum absolute atomic E-state index is 13.0. The van der Waals surface area contributed by atoms with Crippen molar-refractivity contribution in [3.63, 3.8) is 0 Å². The van der Waals surface area contributed by atoms with E-state index in [-0.39, 0.29) is 18.4 Å². The Morgan fingerprint density at radius 1 is 1.15 bits per heavy atom. The molecule has 1 heterocycles. The number of hydrogen-bond donors (Lipinski definition) is 0. The third kappa shape index (κ3) is 3.92. The first-order chi connectivity index (χ1) is 12.5. The van der Waals surface area contributed by atoms with Crippen LogP contribution in [0.1, 0.15) is 30.0 Å². The summed E-state index contributed by atoms with van der Waals surface area (Å²) in [7, 11) is 3.27. The second-order valence-corrected chi connectivity index (χ2v) is 7.11. The van der Waals surface area contributed by atoms with Gasteiger partial charge in [-0.1, -0.05) is 29.3 Å². The van der Waals surface area contributed by atoms with Gasteiger partial charge in [0.05, 0.1) is 26.7 Å². The molecule has 26 heavy (non-hydrogen) atoms. The highest BCUT2D eigenvalue weighted by atomic mass is 35.5. The van der Waals surface area contributed by atoms with Gasteiger partial charge in [0.25, 0.3) is 0 Å². The number of halogens is 2. The van der Waals surface area contributed by atoms with Crippen LogP contribution in [0.5, 0.6) is 11.5 Å². The normalized spacial score (nSPS) is 16.6. The van der Waals surface area contributed by atoms with Gasteiger partial charge in [0.15, 0.2) is 0 Å². The maximum Gasteiger partial charge on any atom is 0.227 e. The fraction of sp³-hybridized carbons (Fsp3) is 0.350. The Balaban J connectivity index is 1.85. The minimum absolute atomic E-state index is 0.0291. The van der Waals surface area contributed by atoms with Crippen LogP contribution in [0.4, 0.5) is 0 Å². The molecule has 0 N–H and O–H groups in total. The molecule has 4 nitrogen and oxygen atoms in total. The quantitative estimate of drug-likeness (QED) is 0.723. The lowest BCUT2D eigenvalue weighted by Crippen LogP contribution is -2.32. The van der Waals surface area contributed by atoms with Crippen LogP contribution in [0.15, 0.2) is 36.4 Å². The first-order valence-corrected chi connectivity index (χ1v) is 9.24. The lowest BCUT2D eigenvalue weighted by Gasteiger charge is -2.27. The van der Waals surface area contributed by atoms with Gasteiger partial charge in [0, 0.05) is 22.2 Å². The van der Waals surface area contributed by atoms with Crippen molar-refractivity contribution in [2.24, 2.45) is 0 Å². The lowest BCUT2D eigenvalue weighted by atomic mass is 10.0. The van der Waals surface area contributed by atoms with Crippen molar-refractivity contribution in [2.45, 2.75) is 25.3 Å². The molecule has 6 heteroatoms. The van der Waals surface area contributed by atoms with E-state index in [9.17, 15) is 4.79 Å². The Labute approximate surface area is 163 Å². The second-order valence-electron chi connectivity index (χ2n) is 6.27. The zero-order chi connectivity index (χ0) is 18.7. The molecule has 1 aliphatic heterocycles. The Morgan fingerprint density at radius 2 is 1.96 bits per heavy atom. The number of amides is 1. The highest BCUT2D eigenvalue weighted by molar-refractivity contribution is 6.35. The number of methoxy groups -OCH3 is 2. The monoisotopic (exact) mass is 393 g/mol. The summed E-state index contributed by atoms with van der Waals surface area (Å²) in [6, 6.07) is 10.9. The molecule has 1 saturated heterocycles. The molecular formula is C20H21Cl2NO3. The summed E-state index contributed by atoms with van der Waals surface area (Å²) in [4.78, 5) is 14.9. The average molecular weight is 394 g/mol. The van der Waals surface area contributed by atoms with E-state index in [0.29, 0.717) is 10.0 Å². The van der Waals surface area contributed by atoms with Crippen LogP contribution < -0.4 is 9.47 Å². The molecular weight excluding hydrogens is 373 g/mol. The van der Waals surface area contributed by atoms with Crippen LogP contribution in [0.2, 0.25) is 10.0 Å². The molecule has 1 aliphatic rings. The molecule has 2 aromatic rings. The van der Waals surface area contributed by atoms with Gasteiger partial charge in [-0.15, -0.1) is 0 Å². The van der Waals surface area contributed by atoms with Crippen molar-refractivity contribution in [3.05, 3.63) is 57.6 Å². The van der Waals surface area contributed by atoms with Crippen molar-refractivity contribution < 1.29 is 14.3 Å². The van der Waals surface area contributed by atoms with E-state index in [0.717, 1.165) is 42.0 Å². The molecule has 3 rings (SSSR count). The Bertz CT molecular complexity index is 810. The summed E-state index contributed by atoms with van der Waals surface area (Å²) in [5.74, 6) is 1.56. The molecule has 0 bridgehead atoms. The van der Waals surface area contributed by atoms with Gasteiger partial charge in [-0.2, -0.15) is 0 Å². The highest BCUT2D eigenvalue weighted by Crippen LogP contribution is 2.39. The summed E-state index contributed by atoms with van der Waals surface area (Å²) in [5, 5.41) is 1.08. The molecule has 1 fully saturated rings. The topological polar surface area (TPSA) is 38.8 Å². The predicted molar refractivity (Wildman–Crippen MR) is 103 cm³/mol. The molecule has 0 aliphatic carbocycles. The van der Waals surface area contributed by atoms with Crippen LogP contribution >= 0.6 is 23.2 Å². The van der Waals surface area contributed by atoms with E-state index in [1.807, 2.05) is 23.1 Å². The minimum atomic E-state index is -0.0291. The molecule has 0 aromatic heterocycles. The van der Waals surface area contributed by atoms with Gasteiger partial charge in [-0.25, -0.2) is 0 Å². The molecule has 0 radical (unpaired) electrons. The first kappa shape index (κ1) is 18.9. The van der Waals surface area contributed by atoms with Crippen LogP contribution in [0.3, 0.4) is 0 Å². The average Bonchev–Trinajstić information content (AvgIpc) is 3.13. The van der Waals surface area contributed by atoms with E-state index < -0.39 is 0 Å². The number of carbonyl (C=O) groups excluding carboxylic acids is 1. The number of likely N-dealkylation sites (tertiary alicyclic amines) is 1. The number of hydrogen-bond acceptors (Lipinski definition) is 3. The molecule has 1 atom stereocenters. The number of carbonyl (C=O) groups is 1. The number of nitrogens with zero attached hydrogens (tertiary/aromatic N) is 1. The van der Waals surface area contributed by atoms with Gasteiger partial charge in [-0.05, 0) is 48.7 Å². The van der Waals surface area contributed by atoms with Crippen molar-refractivity contribution in [3.8, 4) is 11.5 Å². The van der Waals surface area contributed by atoms with Crippen molar-refractivity contribution >= 4 is 29.1 Å². The molecule has 2 aromatic carbocycles. The minimum Gasteiger partial charge on any atom is -0.497 e. The summed E-state index contributed by atoms with van der Waals surface area (Å²) < 4.78 is 10.8. The molecule has 1 amide bonds. The van der Waals surface area contributed by atoms with Gasteiger partial charge in [0.2, 0.25) is 5.91 Å². The van der Waals surface area contributed by atoms with Gasteiger partial charge < -0.3 is 14.4 Å². The van der Waals surface area contributed by atoms with Crippen molar-refractivity contribution in [2.75, 3.05) is 20.8 Å². The fourth-order valence-corrected chi connectivity index (χ4v) is 3.89. The molecule has 138 valence electrons. The summed E-state index contributed by atoms with van der Waals surface area (Å²) in [6.07, 6.45) is 2.09.